The number of aliphatic carboxylic acids is 1. The number of ether oxygens (including phenoxy) is 3. The molecule has 35 heavy (non-hydrogen) atoms. The third-order valence-corrected chi connectivity index (χ3v) is 5.73. The lowest BCUT2D eigenvalue weighted by Gasteiger charge is -2.44. The molecular weight excluding hydrogens is 558 g/mol. The molecule has 0 spiro atoms. The van der Waals surface area contributed by atoms with Crippen LogP contribution in [-0.4, -0.2) is 121 Å². The Hall–Kier alpha value is -1.58. The van der Waals surface area contributed by atoms with Crippen LogP contribution in [0.5, 0.6) is 0 Å². The van der Waals surface area contributed by atoms with E-state index in [0.29, 0.717) is 6.08 Å². The first-order valence-corrected chi connectivity index (χ1v) is 12.9. The molecule has 2 aliphatic heterocycles. The van der Waals surface area contributed by atoms with Gasteiger partial charge in [-0.3, -0.25) is 13.7 Å². The molecular formula is C12H19NO19S3. The first-order chi connectivity index (χ1) is 15.8. The zero-order chi connectivity index (χ0) is 26.9. The summed E-state index contributed by atoms with van der Waals surface area (Å²) in [6, 6.07) is -2.15. The van der Waals surface area contributed by atoms with Crippen LogP contribution in [0.1, 0.15) is 0 Å². The number of carboxylic acid groups (broad SMARTS) is 1. The monoisotopic (exact) mass is 577 g/mol. The molecule has 23 heteroatoms. The van der Waals surface area contributed by atoms with Gasteiger partial charge in [-0.25, -0.2) is 13.2 Å². The smallest absolute Gasteiger partial charge is 0.397 e. The normalized spacial score (nSPS) is 34.6. The molecule has 0 aromatic carbocycles. The van der Waals surface area contributed by atoms with E-state index in [1.54, 1.807) is 0 Å². The van der Waals surface area contributed by atoms with E-state index in [1.807, 2.05) is 0 Å². The summed E-state index contributed by atoms with van der Waals surface area (Å²) in [5, 5.41) is 39.6. The summed E-state index contributed by atoms with van der Waals surface area (Å²) in [6.45, 7) is -1.25. The number of rotatable bonds is 10. The summed E-state index contributed by atoms with van der Waals surface area (Å²) in [5.74, 6) is -2.88. The zero-order valence-electron chi connectivity index (χ0n) is 16.7. The molecule has 8 unspecified atom stereocenters. The van der Waals surface area contributed by atoms with Crippen LogP contribution in [0.2, 0.25) is 0 Å². The van der Waals surface area contributed by atoms with Crippen LogP contribution in [0.4, 0.5) is 0 Å². The Morgan fingerprint density at radius 1 is 1.00 bits per heavy atom. The predicted molar refractivity (Wildman–Crippen MR) is 101 cm³/mol. The van der Waals surface area contributed by atoms with Crippen LogP contribution in [0.15, 0.2) is 11.8 Å². The molecule has 2 rings (SSSR count). The van der Waals surface area contributed by atoms with Crippen molar-refractivity contribution in [2.24, 2.45) is 0 Å². The second kappa shape index (κ2) is 10.8. The van der Waals surface area contributed by atoms with Crippen molar-refractivity contribution in [3.05, 3.63) is 11.8 Å². The van der Waals surface area contributed by atoms with E-state index in [0.717, 1.165) is 0 Å². The molecule has 0 aliphatic carbocycles. The fraction of sp³-hybridized carbons (Fsp3) is 0.750. The van der Waals surface area contributed by atoms with Crippen molar-refractivity contribution in [1.29, 1.82) is 0 Å². The topological polar surface area (TPSA) is 319 Å². The first-order valence-electron chi connectivity index (χ1n) is 8.76. The Balaban J connectivity index is 2.44. The number of carboxylic acids is 1. The van der Waals surface area contributed by atoms with E-state index in [-0.39, 0.29) is 0 Å². The minimum Gasteiger partial charge on any atom is -0.475 e. The van der Waals surface area contributed by atoms with Crippen LogP contribution < -0.4 is 4.72 Å². The number of nitrogens with one attached hydrogen (secondary N) is 1. The van der Waals surface area contributed by atoms with Crippen molar-refractivity contribution in [2.75, 3.05) is 6.61 Å². The molecule has 0 bridgehead atoms. The van der Waals surface area contributed by atoms with E-state index in [9.17, 15) is 45.4 Å². The van der Waals surface area contributed by atoms with Gasteiger partial charge < -0.3 is 34.6 Å². The Labute approximate surface area is 196 Å². The number of hydrogen-bond donors (Lipinski definition) is 8. The predicted octanol–water partition coefficient (Wildman–Crippen LogP) is -5.10. The Morgan fingerprint density at radius 2 is 1.60 bits per heavy atom. The third kappa shape index (κ3) is 8.79. The van der Waals surface area contributed by atoms with Gasteiger partial charge in [-0.2, -0.15) is 30.0 Å². The highest BCUT2D eigenvalue weighted by Gasteiger charge is 2.51. The molecule has 8 atom stereocenters. The summed E-state index contributed by atoms with van der Waals surface area (Å²) >= 11 is 0. The molecule has 0 saturated carbocycles. The molecule has 2 heterocycles. The van der Waals surface area contributed by atoms with Gasteiger partial charge in [-0.15, -0.1) is 0 Å². The fourth-order valence-electron chi connectivity index (χ4n) is 2.96. The van der Waals surface area contributed by atoms with E-state index in [2.05, 4.69) is 8.37 Å². The van der Waals surface area contributed by atoms with Gasteiger partial charge in [-0.05, 0) is 6.08 Å². The minimum absolute atomic E-state index is 0.442. The average molecular weight is 577 g/mol. The van der Waals surface area contributed by atoms with Gasteiger partial charge in [0.2, 0.25) is 12.0 Å². The zero-order valence-corrected chi connectivity index (χ0v) is 19.1. The maximum Gasteiger partial charge on any atom is 0.397 e. The highest BCUT2D eigenvalue weighted by atomic mass is 32.3. The number of aliphatic hydroxyl groups is 3. The lowest BCUT2D eigenvalue weighted by Crippen LogP contribution is -2.66. The van der Waals surface area contributed by atoms with Crippen LogP contribution >= 0.6 is 0 Å². The van der Waals surface area contributed by atoms with E-state index in [1.165, 1.54) is 4.72 Å². The van der Waals surface area contributed by atoms with Crippen molar-refractivity contribution in [2.45, 2.75) is 49.1 Å². The quantitative estimate of drug-likeness (QED) is 0.112. The highest BCUT2D eigenvalue weighted by molar-refractivity contribution is 7.83. The van der Waals surface area contributed by atoms with Crippen molar-refractivity contribution < 1.29 is 86.7 Å². The summed E-state index contributed by atoms with van der Waals surface area (Å²) in [7, 11) is -15.7. The van der Waals surface area contributed by atoms with Crippen LogP contribution in [0.25, 0.3) is 0 Å². The number of hydrogen-bond acceptors (Lipinski definition) is 15. The van der Waals surface area contributed by atoms with Crippen LogP contribution in [0.3, 0.4) is 0 Å². The van der Waals surface area contributed by atoms with E-state index >= 15 is 0 Å². The van der Waals surface area contributed by atoms with Crippen molar-refractivity contribution in [3.8, 4) is 0 Å². The molecule has 204 valence electrons. The van der Waals surface area contributed by atoms with Crippen molar-refractivity contribution >= 4 is 37.1 Å². The summed E-state index contributed by atoms with van der Waals surface area (Å²) in [4.78, 5) is 11.2. The molecule has 1 fully saturated rings. The van der Waals surface area contributed by atoms with Gasteiger partial charge in [0.05, 0.1) is 6.61 Å². The van der Waals surface area contributed by atoms with Gasteiger partial charge >= 0.3 is 37.1 Å². The molecule has 0 amide bonds. The van der Waals surface area contributed by atoms with Gasteiger partial charge in [0, 0.05) is 0 Å². The third-order valence-electron chi connectivity index (χ3n) is 4.26. The Morgan fingerprint density at radius 3 is 2.09 bits per heavy atom. The Bertz CT molecular complexity index is 1130. The second-order valence-corrected chi connectivity index (χ2v) is 10.1. The van der Waals surface area contributed by atoms with E-state index in [4.69, 9.17) is 33.0 Å². The second-order valence-electron chi connectivity index (χ2n) is 6.79. The lowest BCUT2D eigenvalue weighted by molar-refractivity contribution is -0.303. The van der Waals surface area contributed by atoms with E-state index < -0.39 is 98.6 Å². The molecule has 0 radical (unpaired) electrons. The maximum absolute atomic E-state index is 11.2. The summed E-state index contributed by atoms with van der Waals surface area (Å²) < 4.78 is 117. The maximum atomic E-state index is 11.2. The standard InChI is InChI=1S/C12H19NO19S3/c14-3-1-4(10(16)17)30-12(8(3)32-35(25,26)27)31-9-5(2-28-34(22,23)24)29-11(18)6(7(9)15)13-33(19,20)21/h1,3,5-9,11-15,18H,2H2,(H,16,17)(H,19,20,21)(H,22,23,24)(H,25,26,27). The highest BCUT2D eigenvalue weighted by Crippen LogP contribution is 2.30. The first kappa shape index (κ1) is 29.6. The summed E-state index contributed by atoms with van der Waals surface area (Å²) in [6.07, 6.45) is -15.1. The lowest BCUT2D eigenvalue weighted by atomic mass is 9.97. The van der Waals surface area contributed by atoms with Gasteiger partial charge in [0.25, 0.3) is 0 Å². The minimum atomic E-state index is -5.36. The van der Waals surface area contributed by atoms with Gasteiger partial charge in [-0.1, -0.05) is 0 Å². The summed E-state index contributed by atoms with van der Waals surface area (Å²) in [5.41, 5.74) is 0. The SMILES string of the molecule is O=C(O)C1=CC(O)C(OS(=O)(=O)O)C(OC2C(COS(=O)(=O)O)OC(O)C(NS(=O)(=O)O)C2O)O1. The number of aliphatic hydroxyl groups excluding tert-OH is 3. The Kier molecular flexibility index (Phi) is 9.15. The van der Waals surface area contributed by atoms with Gasteiger partial charge in [0.1, 0.15) is 30.5 Å². The molecule has 2 aliphatic rings. The number of carbonyl (C=O) groups is 1. The fourth-order valence-corrected chi connectivity index (χ4v) is 4.35. The molecule has 0 aromatic heterocycles. The largest absolute Gasteiger partial charge is 0.475 e. The molecule has 1 saturated heterocycles. The van der Waals surface area contributed by atoms with Crippen molar-refractivity contribution in [1.82, 2.24) is 4.72 Å². The van der Waals surface area contributed by atoms with Crippen molar-refractivity contribution in [3.63, 3.8) is 0 Å². The van der Waals surface area contributed by atoms with Gasteiger partial charge in [0.15, 0.2) is 12.4 Å². The van der Waals surface area contributed by atoms with Crippen LogP contribution in [-0.2, 0) is 58.5 Å². The molecule has 8 N–H and O–H groups in total. The van der Waals surface area contributed by atoms with Crippen LogP contribution in [0, 0.1) is 0 Å². The average Bonchev–Trinajstić information content (AvgIpc) is 2.65. The molecule has 20 nitrogen and oxygen atoms in total. The molecule has 0 aromatic rings.